The van der Waals surface area contributed by atoms with Crippen LogP contribution < -0.4 is 15.8 Å². The third kappa shape index (κ3) is 3.55. The topological polar surface area (TPSA) is 134 Å². The van der Waals surface area contributed by atoms with E-state index in [0.717, 1.165) is 16.8 Å². The SMILES string of the molecule is COc1ccc(Nc2nc3cc(-c4cnn(C)c4)ccn3c2-c2nc(C)nc(N)n2)cn1. The molecule has 0 fully saturated rings. The number of methoxy groups -OCH3 is 1. The molecular weight excluding hydrogens is 408 g/mol. The van der Waals surface area contributed by atoms with Crippen LogP contribution in [0.1, 0.15) is 5.82 Å². The Bertz CT molecular complexity index is 1400. The molecule has 0 atom stereocenters. The van der Waals surface area contributed by atoms with Gasteiger partial charge in [-0.25, -0.2) is 15.0 Å². The number of anilines is 3. The number of nitrogens with zero attached hydrogens (tertiary/aromatic N) is 8. The predicted octanol–water partition coefficient (Wildman–Crippen LogP) is 2.62. The first kappa shape index (κ1) is 19.4. The first-order valence-electron chi connectivity index (χ1n) is 9.77. The van der Waals surface area contributed by atoms with Crippen LogP contribution in [0.4, 0.5) is 17.5 Å². The van der Waals surface area contributed by atoms with Crippen molar-refractivity contribution < 1.29 is 4.74 Å². The fraction of sp³-hybridized carbons (Fsp3) is 0.143. The molecule has 0 spiro atoms. The van der Waals surface area contributed by atoms with Crippen LogP contribution in [-0.2, 0) is 7.05 Å². The monoisotopic (exact) mass is 428 g/mol. The van der Waals surface area contributed by atoms with Gasteiger partial charge < -0.3 is 15.8 Å². The molecule has 5 aromatic rings. The molecular formula is C21H20N10O. The molecule has 3 N–H and O–H groups in total. The summed E-state index contributed by atoms with van der Waals surface area (Å²) in [5, 5.41) is 7.56. The first-order valence-corrected chi connectivity index (χ1v) is 9.77. The number of pyridine rings is 2. The van der Waals surface area contributed by atoms with Gasteiger partial charge in [0.25, 0.3) is 0 Å². The summed E-state index contributed by atoms with van der Waals surface area (Å²) in [5.41, 5.74) is 9.99. The highest BCUT2D eigenvalue weighted by atomic mass is 16.5. The lowest BCUT2D eigenvalue weighted by Crippen LogP contribution is -2.04. The van der Waals surface area contributed by atoms with Gasteiger partial charge in [-0.15, -0.1) is 0 Å². The molecule has 160 valence electrons. The maximum absolute atomic E-state index is 5.90. The van der Waals surface area contributed by atoms with Crippen molar-refractivity contribution >= 4 is 23.1 Å². The van der Waals surface area contributed by atoms with Crippen LogP contribution in [0.5, 0.6) is 5.88 Å². The average Bonchev–Trinajstić information content (AvgIpc) is 3.36. The number of fused-ring (bicyclic) bond motifs is 1. The molecule has 5 heterocycles. The zero-order valence-corrected chi connectivity index (χ0v) is 17.7. The minimum absolute atomic E-state index is 0.145. The number of ether oxygens (including phenoxy) is 1. The molecule has 0 amide bonds. The highest BCUT2D eigenvalue weighted by Gasteiger charge is 2.19. The standard InChI is InChI=1S/C21H20N10O/c1-12-25-19(29-21(22)26-12)18-20(27-15-4-5-17(32-3)23-10-15)28-16-8-13(6-7-31(16)18)14-9-24-30(2)11-14/h4-11,27H,1-3H3,(H2,22,25,26,29). The number of rotatable bonds is 5. The number of nitrogens with two attached hydrogens (primary N) is 1. The lowest BCUT2D eigenvalue weighted by atomic mass is 10.1. The van der Waals surface area contributed by atoms with Crippen LogP contribution >= 0.6 is 0 Å². The summed E-state index contributed by atoms with van der Waals surface area (Å²) in [6.45, 7) is 1.77. The summed E-state index contributed by atoms with van der Waals surface area (Å²) >= 11 is 0. The zero-order chi connectivity index (χ0) is 22.2. The van der Waals surface area contributed by atoms with Crippen molar-refractivity contribution in [3.05, 3.63) is 54.9 Å². The second-order valence-corrected chi connectivity index (χ2v) is 7.13. The molecule has 11 heteroatoms. The predicted molar refractivity (Wildman–Crippen MR) is 119 cm³/mol. The van der Waals surface area contributed by atoms with Gasteiger partial charge in [-0.1, -0.05) is 0 Å². The number of aromatic nitrogens is 8. The molecule has 11 nitrogen and oxygen atoms in total. The number of imidazole rings is 1. The largest absolute Gasteiger partial charge is 0.481 e. The number of aryl methyl sites for hydroxylation is 2. The normalized spacial score (nSPS) is 11.1. The van der Waals surface area contributed by atoms with Crippen LogP contribution in [0.25, 0.3) is 28.3 Å². The Morgan fingerprint density at radius 3 is 2.59 bits per heavy atom. The van der Waals surface area contributed by atoms with Gasteiger partial charge in [0.15, 0.2) is 11.6 Å². The minimum atomic E-state index is 0.145. The van der Waals surface area contributed by atoms with E-state index in [1.54, 1.807) is 31.0 Å². The van der Waals surface area contributed by atoms with Crippen molar-refractivity contribution in [1.82, 2.24) is 39.1 Å². The van der Waals surface area contributed by atoms with Crippen LogP contribution in [0.3, 0.4) is 0 Å². The summed E-state index contributed by atoms with van der Waals surface area (Å²) in [5.74, 6) is 2.16. The molecule has 0 bridgehead atoms. The number of hydrogen-bond donors (Lipinski definition) is 2. The molecule has 0 saturated heterocycles. The lowest BCUT2D eigenvalue weighted by Gasteiger charge is -2.08. The van der Waals surface area contributed by atoms with Gasteiger partial charge in [-0.05, 0) is 30.7 Å². The molecule has 5 aromatic heterocycles. The van der Waals surface area contributed by atoms with E-state index in [2.05, 4.69) is 30.4 Å². The van der Waals surface area contributed by atoms with Gasteiger partial charge in [0.05, 0.1) is 25.2 Å². The summed E-state index contributed by atoms with van der Waals surface area (Å²) < 4.78 is 8.81. The van der Waals surface area contributed by atoms with E-state index in [-0.39, 0.29) is 5.95 Å². The summed E-state index contributed by atoms with van der Waals surface area (Å²) in [6.07, 6.45) is 7.36. The molecule has 5 rings (SSSR count). The molecule has 0 saturated carbocycles. The van der Waals surface area contributed by atoms with Gasteiger partial charge in [-0.2, -0.15) is 15.1 Å². The van der Waals surface area contributed by atoms with Gasteiger partial charge in [0.2, 0.25) is 11.8 Å². The molecule has 0 aliphatic rings. The molecule has 0 radical (unpaired) electrons. The smallest absolute Gasteiger partial charge is 0.223 e. The van der Waals surface area contributed by atoms with Crippen molar-refractivity contribution in [1.29, 1.82) is 0 Å². The Balaban J connectivity index is 1.66. The van der Waals surface area contributed by atoms with E-state index < -0.39 is 0 Å². The molecule has 0 unspecified atom stereocenters. The number of nitrogens with one attached hydrogen (secondary N) is 1. The Morgan fingerprint density at radius 2 is 1.91 bits per heavy atom. The highest BCUT2D eigenvalue weighted by Crippen LogP contribution is 2.31. The van der Waals surface area contributed by atoms with Crippen LogP contribution in [0.2, 0.25) is 0 Å². The fourth-order valence-corrected chi connectivity index (χ4v) is 3.42. The highest BCUT2D eigenvalue weighted by molar-refractivity contribution is 5.78. The maximum atomic E-state index is 5.90. The molecule has 0 aromatic carbocycles. The molecule has 0 aliphatic carbocycles. The van der Waals surface area contributed by atoms with Crippen LogP contribution in [-0.4, -0.2) is 46.2 Å². The minimum Gasteiger partial charge on any atom is -0.481 e. The first-order chi connectivity index (χ1) is 15.5. The van der Waals surface area contributed by atoms with Crippen LogP contribution in [0.15, 0.2) is 49.1 Å². The second-order valence-electron chi connectivity index (χ2n) is 7.13. The third-order valence-corrected chi connectivity index (χ3v) is 4.85. The molecule has 32 heavy (non-hydrogen) atoms. The Morgan fingerprint density at radius 1 is 1.03 bits per heavy atom. The zero-order valence-electron chi connectivity index (χ0n) is 17.7. The van der Waals surface area contributed by atoms with E-state index >= 15 is 0 Å². The van der Waals surface area contributed by atoms with Crippen molar-refractivity contribution in [2.75, 3.05) is 18.2 Å². The second kappa shape index (κ2) is 7.61. The van der Waals surface area contributed by atoms with Gasteiger partial charge in [-0.3, -0.25) is 9.08 Å². The maximum Gasteiger partial charge on any atom is 0.223 e. The van der Waals surface area contributed by atoms with Crippen molar-refractivity contribution in [3.63, 3.8) is 0 Å². The van der Waals surface area contributed by atoms with Gasteiger partial charge in [0.1, 0.15) is 17.2 Å². The van der Waals surface area contributed by atoms with E-state index in [4.69, 9.17) is 15.5 Å². The lowest BCUT2D eigenvalue weighted by molar-refractivity contribution is 0.398. The van der Waals surface area contributed by atoms with Crippen LogP contribution in [0, 0.1) is 6.92 Å². The van der Waals surface area contributed by atoms with Gasteiger partial charge >= 0.3 is 0 Å². The summed E-state index contributed by atoms with van der Waals surface area (Å²) in [6, 6.07) is 7.60. The summed E-state index contributed by atoms with van der Waals surface area (Å²) in [7, 11) is 3.46. The Hall–Kier alpha value is -4.54. The van der Waals surface area contributed by atoms with Gasteiger partial charge in [0, 0.05) is 31.1 Å². The Kier molecular flexibility index (Phi) is 4.62. The fourth-order valence-electron chi connectivity index (χ4n) is 3.42. The third-order valence-electron chi connectivity index (χ3n) is 4.85. The average molecular weight is 428 g/mol. The van der Waals surface area contributed by atoms with E-state index in [1.807, 2.05) is 48.2 Å². The number of nitrogen functional groups attached to an aromatic ring is 1. The van der Waals surface area contributed by atoms with E-state index in [9.17, 15) is 0 Å². The molecule has 0 aliphatic heterocycles. The quantitative estimate of drug-likeness (QED) is 0.433. The summed E-state index contributed by atoms with van der Waals surface area (Å²) in [4.78, 5) is 22.0. The van der Waals surface area contributed by atoms with Crippen molar-refractivity contribution in [2.45, 2.75) is 6.92 Å². The van der Waals surface area contributed by atoms with E-state index in [0.29, 0.717) is 34.7 Å². The van der Waals surface area contributed by atoms with E-state index in [1.165, 1.54) is 0 Å². The number of hydrogen-bond acceptors (Lipinski definition) is 9. The Labute approximate surface area is 183 Å². The van der Waals surface area contributed by atoms with Crippen molar-refractivity contribution in [3.8, 4) is 28.5 Å². The van der Waals surface area contributed by atoms with Crippen molar-refractivity contribution in [2.24, 2.45) is 7.05 Å².